The van der Waals surface area contributed by atoms with E-state index in [1.807, 2.05) is 0 Å². The van der Waals surface area contributed by atoms with E-state index in [1.54, 1.807) is 0 Å². The molecule has 4 fully saturated rings. The van der Waals surface area contributed by atoms with Crippen molar-refractivity contribution in [3.05, 3.63) is 0 Å². The van der Waals surface area contributed by atoms with E-state index in [0.29, 0.717) is 23.2 Å². The van der Waals surface area contributed by atoms with Gasteiger partial charge in [0.25, 0.3) is 0 Å². The van der Waals surface area contributed by atoms with Crippen LogP contribution < -0.4 is 0 Å². The Balaban J connectivity index is 1.63. The van der Waals surface area contributed by atoms with E-state index >= 15 is 0 Å². The largest absolute Gasteiger partial charge is 0.393 e. The Morgan fingerprint density at radius 1 is 0.773 bits per heavy atom. The highest BCUT2D eigenvalue weighted by atomic mass is 16.3. The van der Waals surface area contributed by atoms with Gasteiger partial charge in [-0.2, -0.15) is 0 Å². The summed E-state index contributed by atoms with van der Waals surface area (Å²) in [4.78, 5) is 0. The number of hydrogen-bond donors (Lipinski definition) is 3. The van der Waals surface area contributed by atoms with Crippen molar-refractivity contribution in [2.24, 2.45) is 34.5 Å². The van der Waals surface area contributed by atoms with E-state index in [4.69, 9.17) is 0 Å². The molecule has 0 aromatic heterocycles. The van der Waals surface area contributed by atoms with Gasteiger partial charge in [-0.25, -0.2) is 0 Å². The summed E-state index contributed by atoms with van der Waals surface area (Å²) in [5.41, 5.74) is 0.305. The maximum Gasteiger partial charge on any atom is 0.0855 e. The summed E-state index contributed by atoms with van der Waals surface area (Å²) in [5.74, 6) is 2.57. The van der Waals surface area contributed by atoms with Crippen LogP contribution in [0.2, 0.25) is 0 Å². The fourth-order valence-electron chi connectivity index (χ4n) is 7.22. The van der Waals surface area contributed by atoms with Crippen molar-refractivity contribution in [1.29, 1.82) is 0 Å². The second kappa shape index (κ2) is 4.94. The lowest BCUT2D eigenvalue weighted by atomic mass is 9.45. The van der Waals surface area contributed by atoms with Gasteiger partial charge < -0.3 is 15.3 Å². The minimum atomic E-state index is -0.530. The number of rotatable bonds is 0. The summed E-state index contributed by atoms with van der Waals surface area (Å²) in [6.07, 6.45) is 7.49. The van der Waals surface area contributed by atoms with Crippen LogP contribution in [0.1, 0.15) is 65.2 Å². The Bertz CT molecular complexity index is 452. The van der Waals surface area contributed by atoms with Crippen LogP contribution in [0.15, 0.2) is 0 Å². The fourth-order valence-corrected chi connectivity index (χ4v) is 7.22. The molecule has 3 heteroatoms. The molecule has 0 aromatic rings. The molecule has 0 aliphatic heterocycles. The maximum atomic E-state index is 10.5. The van der Waals surface area contributed by atoms with Crippen LogP contribution in [0.3, 0.4) is 0 Å². The molecule has 4 aliphatic carbocycles. The van der Waals surface area contributed by atoms with Crippen molar-refractivity contribution in [1.82, 2.24) is 0 Å². The van der Waals surface area contributed by atoms with Gasteiger partial charge in [0, 0.05) is 0 Å². The molecule has 22 heavy (non-hydrogen) atoms. The predicted octanol–water partition coefficient (Wildman–Crippen LogP) is 2.72. The van der Waals surface area contributed by atoms with Crippen LogP contribution in [-0.2, 0) is 0 Å². The number of hydrogen-bond acceptors (Lipinski definition) is 3. The third-order valence-corrected chi connectivity index (χ3v) is 8.61. The molecule has 126 valence electrons. The van der Waals surface area contributed by atoms with Crippen molar-refractivity contribution < 1.29 is 15.3 Å². The number of aliphatic hydroxyl groups excluding tert-OH is 3. The molecule has 4 rings (SSSR count). The van der Waals surface area contributed by atoms with Crippen LogP contribution in [0.25, 0.3) is 0 Å². The Kier molecular flexibility index (Phi) is 3.46. The van der Waals surface area contributed by atoms with Gasteiger partial charge >= 0.3 is 0 Å². The molecule has 4 saturated carbocycles. The molecule has 3 N–H and O–H groups in total. The van der Waals surface area contributed by atoms with Crippen molar-refractivity contribution in [2.45, 2.75) is 83.5 Å². The lowest BCUT2D eigenvalue weighted by Gasteiger charge is -2.60. The van der Waals surface area contributed by atoms with Gasteiger partial charge in [-0.1, -0.05) is 13.8 Å². The molecular weight excluding hydrogens is 276 g/mol. The van der Waals surface area contributed by atoms with Gasteiger partial charge in [0.2, 0.25) is 0 Å². The zero-order chi connectivity index (χ0) is 15.7. The normalized spacial score (nSPS) is 61.2. The first kappa shape index (κ1) is 15.4. The molecule has 9 atom stereocenters. The lowest BCUT2D eigenvalue weighted by molar-refractivity contribution is -0.135. The summed E-state index contributed by atoms with van der Waals surface area (Å²) in [5, 5.41) is 30.8. The lowest BCUT2D eigenvalue weighted by Crippen LogP contribution is -2.54. The average Bonchev–Trinajstić information content (AvgIpc) is 2.72. The first-order valence-corrected chi connectivity index (χ1v) is 9.40. The Hall–Kier alpha value is -0.120. The average molecular weight is 308 g/mol. The fraction of sp³-hybridized carbons (Fsp3) is 1.00. The van der Waals surface area contributed by atoms with Crippen LogP contribution in [-0.4, -0.2) is 33.6 Å². The molecule has 3 nitrogen and oxygen atoms in total. The summed E-state index contributed by atoms with van der Waals surface area (Å²) in [6.45, 7) is 4.69. The summed E-state index contributed by atoms with van der Waals surface area (Å²) in [7, 11) is 0. The molecule has 0 aromatic carbocycles. The number of aliphatic hydroxyl groups is 3. The molecular formula is C19H32O3. The summed E-state index contributed by atoms with van der Waals surface area (Å²) in [6, 6.07) is 0. The van der Waals surface area contributed by atoms with Crippen LogP contribution in [0.4, 0.5) is 0 Å². The van der Waals surface area contributed by atoms with Crippen molar-refractivity contribution in [3.8, 4) is 0 Å². The number of fused-ring (bicyclic) bond motifs is 5. The van der Waals surface area contributed by atoms with E-state index in [0.717, 1.165) is 38.0 Å². The van der Waals surface area contributed by atoms with Crippen LogP contribution in [0, 0.1) is 34.5 Å². The minimum absolute atomic E-state index is 0.0715. The predicted molar refractivity (Wildman–Crippen MR) is 85.1 cm³/mol. The standard InChI is InChI=1S/C19H32O3/c1-18-7-5-12(20)9-11(18)3-4-13-14(18)6-8-19(2)15(13)10-16(21)17(19)22/h11-17,20-22H,3-10H2,1-2H3/t11?,12-,13+,14-,15-,16-,17+,18-,19-/m0/s1. The van der Waals surface area contributed by atoms with Crippen LogP contribution in [0.5, 0.6) is 0 Å². The van der Waals surface area contributed by atoms with Crippen molar-refractivity contribution in [2.75, 3.05) is 0 Å². The molecule has 0 amide bonds. The van der Waals surface area contributed by atoms with Gasteiger partial charge in [-0.05, 0) is 85.9 Å². The Morgan fingerprint density at radius 2 is 1.50 bits per heavy atom. The van der Waals surface area contributed by atoms with Gasteiger partial charge in [0.15, 0.2) is 0 Å². The highest BCUT2D eigenvalue weighted by Gasteiger charge is 2.61. The first-order valence-electron chi connectivity index (χ1n) is 9.40. The van der Waals surface area contributed by atoms with Gasteiger partial charge in [-0.3, -0.25) is 0 Å². The van der Waals surface area contributed by atoms with E-state index in [-0.39, 0.29) is 11.5 Å². The monoisotopic (exact) mass is 308 g/mol. The SMILES string of the molecule is C[C@]12CC[C@H]3[C@@H](CCC4C[C@@H](O)CC[C@@]43C)[C@@H]1C[C@H](O)[C@H]2O. The molecule has 0 heterocycles. The van der Waals surface area contributed by atoms with E-state index < -0.39 is 12.2 Å². The zero-order valence-electron chi connectivity index (χ0n) is 14.0. The first-order chi connectivity index (χ1) is 10.4. The van der Waals surface area contributed by atoms with Crippen molar-refractivity contribution in [3.63, 3.8) is 0 Å². The van der Waals surface area contributed by atoms with Gasteiger partial charge in [0.1, 0.15) is 0 Å². The third-order valence-electron chi connectivity index (χ3n) is 8.61. The molecule has 1 unspecified atom stereocenters. The highest BCUT2D eigenvalue weighted by Crippen LogP contribution is 2.66. The Morgan fingerprint density at radius 3 is 2.27 bits per heavy atom. The Labute approximate surface area is 134 Å². The minimum Gasteiger partial charge on any atom is -0.393 e. The van der Waals surface area contributed by atoms with Gasteiger partial charge in [0.05, 0.1) is 18.3 Å². The molecule has 0 spiro atoms. The van der Waals surface area contributed by atoms with E-state index in [9.17, 15) is 15.3 Å². The second-order valence-electron chi connectivity index (χ2n) is 9.38. The highest BCUT2D eigenvalue weighted by molar-refractivity contribution is 5.11. The third kappa shape index (κ3) is 1.91. The molecule has 4 aliphatic rings. The summed E-state index contributed by atoms with van der Waals surface area (Å²) < 4.78 is 0. The molecule has 0 bridgehead atoms. The quantitative estimate of drug-likeness (QED) is 0.645. The second-order valence-corrected chi connectivity index (χ2v) is 9.38. The topological polar surface area (TPSA) is 60.7 Å². The van der Waals surface area contributed by atoms with Crippen LogP contribution >= 0.6 is 0 Å². The van der Waals surface area contributed by atoms with E-state index in [2.05, 4.69) is 13.8 Å². The van der Waals surface area contributed by atoms with Gasteiger partial charge in [-0.15, -0.1) is 0 Å². The smallest absolute Gasteiger partial charge is 0.0855 e. The van der Waals surface area contributed by atoms with E-state index in [1.165, 1.54) is 19.3 Å². The maximum absolute atomic E-state index is 10.5. The summed E-state index contributed by atoms with van der Waals surface area (Å²) >= 11 is 0. The molecule has 0 saturated heterocycles. The molecule has 0 radical (unpaired) electrons. The zero-order valence-corrected chi connectivity index (χ0v) is 14.0. The van der Waals surface area contributed by atoms with Crippen molar-refractivity contribution >= 4 is 0 Å².